The minimum absolute atomic E-state index is 0.108. The number of ether oxygens (including phenoxy) is 2. The number of nitro groups is 1. The number of nitro benzene ring substituents is 1. The van der Waals surface area contributed by atoms with E-state index in [2.05, 4.69) is 15.9 Å². The van der Waals surface area contributed by atoms with Crippen LogP contribution in [0.4, 0.5) is 14.9 Å². The van der Waals surface area contributed by atoms with Crippen molar-refractivity contribution in [2.45, 2.75) is 13.2 Å². The summed E-state index contributed by atoms with van der Waals surface area (Å²) in [5.74, 6) is -0.160. The highest BCUT2D eigenvalue weighted by Crippen LogP contribution is 2.40. The number of carbonyl (C=O) groups is 2. The number of hydrogen-bond acceptors (Lipinski definition) is 7. The molecule has 36 heavy (non-hydrogen) atoms. The van der Waals surface area contributed by atoms with Crippen LogP contribution < -0.4 is 9.47 Å². The van der Waals surface area contributed by atoms with Crippen LogP contribution >= 0.6 is 27.7 Å². The van der Waals surface area contributed by atoms with Crippen molar-refractivity contribution in [2.24, 2.45) is 0 Å². The molecule has 1 saturated heterocycles. The summed E-state index contributed by atoms with van der Waals surface area (Å²) in [5, 5.41) is 10.8. The number of methoxy groups -OCH3 is 1. The summed E-state index contributed by atoms with van der Waals surface area (Å²) in [6.45, 7) is -0.102. The third kappa shape index (κ3) is 5.58. The molecule has 2 amide bonds. The lowest BCUT2D eigenvalue weighted by Gasteiger charge is -2.14. The van der Waals surface area contributed by atoms with Gasteiger partial charge in [-0.2, -0.15) is 0 Å². The van der Waals surface area contributed by atoms with Crippen LogP contribution in [-0.4, -0.2) is 28.1 Å². The number of thioether (sulfide) groups is 1. The number of para-hydroxylation sites is 1. The second-order valence-corrected chi connectivity index (χ2v) is 9.45. The first kappa shape index (κ1) is 25.4. The van der Waals surface area contributed by atoms with Gasteiger partial charge in [-0.25, -0.2) is 4.39 Å². The predicted octanol–water partition coefficient (Wildman–Crippen LogP) is 6.32. The van der Waals surface area contributed by atoms with E-state index in [4.69, 9.17) is 9.47 Å². The maximum atomic E-state index is 13.4. The summed E-state index contributed by atoms with van der Waals surface area (Å²) in [4.78, 5) is 37.4. The first-order valence-electron chi connectivity index (χ1n) is 10.5. The zero-order valence-electron chi connectivity index (χ0n) is 18.8. The maximum absolute atomic E-state index is 13.4. The Morgan fingerprint density at radius 1 is 1.14 bits per heavy atom. The van der Waals surface area contributed by atoms with E-state index in [9.17, 15) is 24.1 Å². The van der Waals surface area contributed by atoms with Crippen molar-refractivity contribution in [2.75, 3.05) is 7.11 Å². The number of carbonyl (C=O) groups excluding carboxylic acids is 2. The van der Waals surface area contributed by atoms with E-state index in [0.717, 1.165) is 16.7 Å². The Bertz CT molecular complexity index is 1400. The smallest absolute Gasteiger partial charge is 0.293 e. The molecule has 3 aromatic carbocycles. The first-order valence-corrected chi connectivity index (χ1v) is 12.1. The second kappa shape index (κ2) is 10.9. The van der Waals surface area contributed by atoms with Gasteiger partial charge in [-0.15, -0.1) is 0 Å². The van der Waals surface area contributed by atoms with Gasteiger partial charge < -0.3 is 9.47 Å². The summed E-state index contributed by atoms with van der Waals surface area (Å²) < 4.78 is 25.2. The summed E-state index contributed by atoms with van der Waals surface area (Å²) in [6, 6.07) is 15.3. The summed E-state index contributed by atoms with van der Waals surface area (Å²) in [7, 11) is 1.46. The topological polar surface area (TPSA) is 99.0 Å². The fraction of sp³-hybridized carbons (Fsp3) is 0.120. The Morgan fingerprint density at radius 2 is 1.92 bits per heavy atom. The Balaban J connectivity index is 1.55. The number of benzene rings is 3. The second-order valence-electron chi connectivity index (χ2n) is 7.61. The van der Waals surface area contributed by atoms with Gasteiger partial charge in [0.05, 0.1) is 28.0 Å². The highest BCUT2D eigenvalue weighted by Gasteiger charge is 2.36. The van der Waals surface area contributed by atoms with Crippen molar-refractivity contribution >= 4 is 50.6 Å². The van der Waals surface area contributed by atoms with Gasteiger partial charge in [0.2, 0.25) is 0 Å². The largest absolute Gasteiger partial charge is 0.493 e. The molecule has 0 aromatic heterocycles. The minimum Gasteiger partial charge on any atom is -0.493 e. The number of amides is 2. The lowest BCUT2D eigenvalue weighted by atomic mass is 10.1. The molecule has 0 N–H and O–H groups in total. The quantitative estimate of drug-likeness (QED) is 0.177. The Hall–Kier alpha value is -3.70. The fourth-order valence-electron chi connectivity index (χ4n) is 3.53. The van der Waals surface area contributed by atoms with E-state index >= 15 is 0 Å². The Labute approximate surface area is 218 Å². The van der Waals surface area contributed by atoms with Gasteiger partial charge >= 0.3 is 0 Å². The van der Waals surface area contributed by atoms with Crippen LogP contribution in [0.15, 0.2) is 70.0 Å². The van der Waals surface area contributed by atoms with Crippen LogP contribution in [0.25, 0.3) is 6.08 Å². The number of rotatable bonds is 8. The summed E-state index contributed by atoms with van der Waals surface area (Å²) >= 11 is 4.19. The molecule has 3 aromatic rings. The van der Waals surface area contributed by atoms with Crippen LogP contribution in [0.5, 0.6) is 11.5 Å². The standard InChI is InChI=1S/C25H18BrFN2O6S/c1-34-21-11-16(10-19(26)23(21)35-14-15-5-4-7-18(27)9-15)12-22-24(30)28(25(31)36-22)13-17-6-2-3-8-20(17)29(32)33/h2-12H,13-14H2,1H3/b22-12-. The van der Waals surface area contributed by atoms with Crippen molar-refractivity contribution in [1.29, 1.82) is 0 Å². The first-order chi connectivity index (χ1) is 17.3. The molecule has 4 rings (SSSR count). The lowest BCUT2D eigenvalue weighted by molar-refractivity contribution is -0.385. The molecular weight excluding hydrogens is 555 g/mol. The summed E-state index contributed by atoms with van der Waals surface area (Å²) in [6.07, 6.45) is 1.54. The van der Waals surface area contributed by atoms with Gasteiger partial charge in [0, 0.05) is 11.6 Å². The zero-order valence-corrected chi connectivity index (χ0v) is 21.2. The highest BCUT2D eigenvalue weighted by atomic mass is 79.9. The van der Waals surface area contributed by atoms with Gasteiger partial charge in [-0.3, -0.25) is 24.6 Å². The fourth-order valence-corrected chi connectivity index (χ4v) is 4.94. The van der Waals surface area contributed by atoms with E-state index in [0.29, 0.717) is 27.1 Å². The molecule has 0 aliphatic carbocycles. The van der Waals surface area contributed by atoms with Crippen molar-refractivity contribution in [3.8, 4) is 11.5 Å². The minimum atomic E-state index is -0.551. The van der Waals surface area contributed by atoms with E-state index < -0.39 is 16.1 Å². The van der Waals surface area contributed by atoms with E-state index in [-0.39, 0.29) is 35.1 Å². The molecular formula is C25H18BrFN2O6S. The lowest BCUT2D eigenvalue weighted by Crippen LogP contribution is -2.27. The van der Waals surface area contributed by atoms with Crippen LogP contribution in [0.1, 0.15) is 16.7 Å². The predicted molar refractivity (Wildman–Crippen MR) is 136 cm³/mol. The van der Waals surface area contributed by atoms with Crippen LogP contribution in [-0.2, 0) is 17.9 Å². The number of halogens is 2. The molecule has 0 radical (unpaired) electrons. The highest BCUT2D eigenvalue weighted by molar-refractivity contribution is 9.10. The summed E-state index contributed by atoms with van der Waals surface area (Å²) in [5.41, 5.74) is 1.30. The average molecular weight is 573 g/mol. The molecule has 0 spiro atoms. The molecule has 8 nitrogen and oxygen atoms in total. The van der Waals surface area contributed by atoms with E-state index in [1.54, 1.807) is 30.3 Å². The van der Waals surface area contributed by atoms with Crippen molar-refractivity contribution in [3.05, 3.63) is 103 Å². The van der Waals surface area contributed by atoms with Gasteiger partial charge in [0.1, 0.15) is 12.4 Å². The molecule has 0 atom stereocenters. The Kier molecular flexibility index (Phi) is 7.70. The van der Waals surface area contributed by atoms with E-state index in [1.165, 1.54) is 43.5 Å². The van der Waals surface area contributed by atoms with Crippen molar-refractivity contribution < 1.29 is 28.4 Å². The third-order valence-electron chi connectivity index (χ3n) is 5.21. The molecule has 184 valence electrons. The van der Waals surface area contributed by atoms with Crippen LogP contribution in [0.3, 0.4) is 0 Å². The van der Waals surface area contributed by atoms with E-state index in [1.807, 2.05) is 0 Å². The SMILES string of the molecule is COc1cc(/C=C2\SC(=O)N(Cc3ccccc3[N+](=O)[O-])C2=O)cc(Br)c1OCc1cccc(F)c1. The molecule has 11 heteroatoms. The molecule has 1 fully saturated rings. The average Bonchev–Trinajstić information content (AvgIpc) is 3.10. The molecule has 1 aliphatic heterocycles. The van der Waals surface area contributed by atoms with Crippen molar-refractivity contribution in [3.63, 3.8) is 0 Å². The van der Waals surface area contributed by atoms with Gasteiger partial charge in [-0.05, 0) is 69.2 Å². The van der Waals surface area contributed by atoms with Crippen LogP contribution in [0, 0.1) is 15.9 Å². The molecule has 0 saturated carbocycles. The number of imide groups is 1. The normalized spacial score (nSPS) is 14.4. The molecule has 0 unspecified atom stereocenters. The van der Waals surface area contributed by atoms with Gasteiger partial charge in [0.15, 0.2) is 11.5 Å². The molecule has 1 heterocycles. The number of nitrogens with zero attached hydrogens (tertiary/aromatic N) is 2. The maximum Gasteiger partial charge on any atom is 0.293 e. The Morgan fingerprint density at radius 3 is 2.64 bits per heavy atom. The monoisotopic (exact) mass is 572 g/mol. The number of hydrogen-bond donors (Lipinski definition) is 0. The molecule has 0 bridgehead atoms. The molecule has 1 aliphatic rings. The third-order valence-corrected chi connectivity index (χ3v) is 6.71. The zero-order chi connectivity index (χ0) is 25.8. The van der Waals surface area contributed by atoms with Crippen molar-refractivity contribution in [1.82, 2.24) is 4.90 Å². The van der Waals surface area contributed by atoms with Gasteiger partial charge in [-0.1, -0.05) is 30.3 Å². The van der Waals surface area contributed by atoms with Crippen LogP contribution in [0.2, 0.25) is 0 Å². The van der Waals surface area contributed by atoms with Gasteiger partial charge in [0.25, 0.3) is 16.8 Å².